The molecular formula is C25H22F3N5O3. The molecule has 0 fully saturated rings. The molecule has 0 bridgehead atoms. The first-order valence-corrected chi connectivity index (χ1v) is 10.7. The number of methoxy groups -OCH3 is 1. The van der Waals surface area contributed by atoms with E-state index in [1.165, 1.54) is 7.11 Å². The summed E-state index contributed by atoms with van der Waals surface area (Å²) in [5.74, 6) is 1.34. The monoisotopic (exact) mass is 497 g/mol. The van der Waals surface area contributed by atoms with Crippen molar-refractivity contribution in [2.45, 2.75) is 13.1 Å². The number of benzene rings is 3. The Morgan fingerprint density at radius 1 is 0.889 bits per heavy atom. The SMILES string of the molecule is CNc1nc(C)cc(Oc2ccc(NC(=O)Nc3cc(C(F)(F)F)ccc3OC)c3ccccc23)n1. The van der Waals surface area contributed by atoms with E-state index >= 15 is 0 Å². The Morgan fingerprint density at radius 3 is 2.28 bits per heavy atom. The molecule has 0 aliphatic carbocycles. The molecule has 0 unspecified atom stereocenters. The van der Waals surface area contributed by atoms with E-state index in [-0.39, 0.29) is 11.4 Å². The molecule has 11 heteroatoms. The Kier molecular flexibility index (Phi) is 6.82. The summed E-state index contributed by atoms with van der Waals surface area (Å²) in [7, 11) is 3.00. The van der Waals surface area contributed by atoms with E-state index in [9.17, 15) is 18.0 Å². The van der Waals surface area contributed by atoms with Crippen LogP contribution < -0.4 is 25.4 Å². The molecule has 0 saturated heterocycles. The fourth-order valence-corrected chi connectivity index (χ4v) is 3.54. The van der Waals surface area contributed by atoms with E-state index in [4.69, 9.17) is 9.47 Å². The van der Waals surface area contributed by atoms with Gasteiger partial charge < -0.3 is 25.4 Å². The number of nitrogens with one attached hydrogen (secondary N) is 3. The zero-order valence-electron chi connectivity index (χ0n) is 19.5. The van der Waals surface area contributed by atoms with Crippen molar-refractivity contribution in [3.8, 4) is 17.4 Å². The van der Waals surface area contributed by atoms with Gasteiger partial charge in [0.15, 0.2) is 0 Å². The number of ether oxygens (including phenoxy) is 2. The van der Waals surface area contributed by atoms with Gasteiger partial charge in [-0.1, -0.05) is 24.3 Å². The van der Waals surface area contributed by atoms with Gasteiger partial charge in [0, 0.05) is 29.6 Å². The Morgan fingerprint density at radius 2 is 1.58 bits per heavy atom. The Balaban J connectivity index is 1.61. The third-order valence-corrected chi connectivity index (χ3v) is 5.18. The Bertz CT molecular complexity index is 1430. The van der Waals surface area contributed by atoms with Crippen molar-refractivity contribution in [3.63, 3.8) is 0 Å². The number of nitrogens with zero attached hydrogens (tertiary/aromatic N) is 2. The Hall–Kier alpha value is -4.54. The number of aromatic nitrogens is 2. The zero-order chi connectivity index (χ0) is 25.9. The van der Waals surface area contributed by atoms with E-state index < -0.39 is 17.8 Å². The van der Waals surface area contributed by atoms with Gasteiger partial charge in [0.1, 0.15) is 11.5 Å². The lowest BCUT2D eigenvalue weighted by molar-refractivity contribution is -0.137. The van der Waals surface area contributed by atoms with Gasteiger partial charge in [0.25, 0.3) is 0 Å². The molecule has 8 nitrogen and oxygen atoms in total. The summed E-state index contributed by atoms with van der Waals surface area (Å²) >= 11 is 0. The van der Waals surface area contributed by atoms with Crippen molar-refractivity contribution < 1.29 is 27.4 Å². The maximum atomic E-state index is 13.1. The molecule has 0 aliphatic rings. The molecule has 0 radical (unpaired) electrons. The predicted octanol–water partition coefficient (Wildman–Crippen LogP) is 6.44. The first-order chi connectivity index (χ1) is 17.2. The van der Waals surface area contributed by atoms with E-state index in [1.807, 2.05) is 19.1 Å². The summed E-state index contributed by atoms with van der Waals surface area (Å²) in [5.41, 5.74) is 0.116. The third-order valence-electron chi connectivity index (χ3n) is 5.18. The summed E-state index contributed by atoms with van der Waals surface area (Å²) in [5, 5.41) is 9.33. The van der Waals surface area contributed by atoms with Crippen LogP contribution >= 0.6 is 0 Å². The van der Waals surface area contributed by atoms with Gasteiger partial charge in [0.2, 0.25) is 11.8 Å². The number of fused-ring (bicyclic) bond motifs is 1. The number of rotatable bonds is 6. The summed E-state index contributed by atoms with van der Waals surface area (Å²) in [6, 6.07) is 14.3. The van der Waals surface area contributed by atoms with E-state index in [0.717, 1.165) is 18.2 Å². The number of carbonyl (C=O) groups is 1. The number of hydrogen-bond acceptors (Lipinski definition) is 6. The van der Waals surface area contributed by atoms with Crippen LogP contribution in [0, 0.1) is 6.92 Å². The molecule has 3 N–H and O–H groups in total. The molecule has 2 amide bonds. The second kappa shape index (κ2) is 9.98. The minimum atomic E-state index is -4.57. The highest BCUT2D eigenvalue weighted by Crippen LogP contribution is 2.36. The first-order valence-electron chi connectivity index (χ1n) is 10.7. The largest absolute Gasteiger partial charge is 0.495 e. The van der Waals surface area contributed by atoms with Crippen LogP contribution in [0.3, 0.4) is 0 Å². The number of carbonyl (C=O) groups excluding carboxylic acids is 1. The fraction of sp³-hybridized carbons (Fsp3) is 0.160. The average molecular weight is 497 g/mol. The summed E-state index contributed by atoms with van der Waals surface area (Å²) in [4.78, 5) is 21.3. The number of amides is 2. The van der Waals surface area contributed by atoms with Gasteiger partial charge in [-0.15, -0.1) is 0 Å². The highest BCUT2D eigenvalue weighted by Gasteiger charge is 2.31. The summed E-state index contributed by atoms with van der Waals surface area (Å²) in [6.07, 6.45) is -4.57. The average Bonchev–Trinajstić information content (AvgIpc) is 2.84. The van der Waals surface area contributed by atoms with Crippen molar-refractivity contribution >= 4 is 34.1 Å². The first kappa shape index (κ1) is 24.6. The van der Waals surface area contributed by atoms with Gasteiger partial charge in [-0.25, -0.2) is 9.78 Å². The topological polar surface area (TPSA) is 97.4 Å². The van der Waals surface area contributed by atoms with Crippen LogP contribution in [-0.2, 0) is 6.18 Å². The summed E-state index contributed by atoms with van der Waals surface area (Å²) in [6.45, 7) is 1.82. The van der Waals surface area contributed by atoms with Crippen molar-refractivity contribution in [1.29, 1.82) is 0 Å². The molecule has 0 atom stereocenters. The van der Waals surface area contributed by atoms with Crippen LogP contribution in [-0.4, -0.2) is 30.2 Å². The smallest absolute Gasteiger partial charge is 0.416 e. The quantitative estimate of drug-likeness (QED) is 0.284. The standard InChI is InChI=1S/C25H22F3N5O3/c1-14-12-22(33-23(29-2)30-14)36-20-11-9-18(16-6-4-5-7-17(16)20)31-24(34)32-19-13-15(25(26,27)28)8-10-21(19)35-3/h4-13H,1-3H3,(H,29,30,33)(H2,31,32,34). The fourth-order valence-electron chi connectivity index (χ4n) is 3.54. The van der Waals surface area contributed by atoms with Gasteiger partial charge in [0.05, 0.1) is 24.0 Å². The number of halogens is 3. The van der Waals surface area contributed by atoms with Crippen LogP contribution in [0.4, 0.5) is 35.3 Å². The molecule has 0 saturated carbocycles. The van der Waals surface area contributed by atoms with Crippen LogP contribution in [0.2, 0.25) is 0 Å². The maximum absolute atomic E-state index is 13.1. The summed E-state index contributed by atoms with van der Waals surface area (Å²) < 4.78 is 50.5. The van der Waals surface area contributed by atoms with Gasteiger partial charge in [-0.2, -0.15) is 18.2 Å². The molecule has 4 rings (SSSR count). The lowest BCUT2D eigenvalue weighted by Crippen LogP contribution is -2.20. The minimum absolute atomic E-state index is 0.0906. The van der Waals surface area contributed by atoms with E-state index in [1.54, 1.807) is 37.4 Å². The molecule has 4 aromatic rings. The zero-order valence-corrected chi connectivity index (χ0v) is 19.5. The van der Waals surface area contributed by atoms with Crippen molar-refractivity contribution in [3.05, 3.63) is 71.9 Å². The molecule has 1 heterocycles. The van der Waals surface area contributed by atoms with Crippen LogP contribution in [0.1, 0.15) is 11.3 Å². The van der Waals surface area contributed by atoms with Crippen LogP contribution in [0.25, 0.3) is 10.8 Å². The number of alkyl halides is 3. The van der Waals surface area contributed by atoms with Crippen molar-refractivity contribution in [2.75, 3.05) is 30.1 Å². The second-order valence-electron chi connectivity index (χ2n) is 7.67. The van der Waals surface area contributed by atoms with Gasteiger partial charge >= 0.3 is 12.2 Å². The molecule has 1 aromatic heterocycles. The number of aryl methyl sites for hydroxylation is 1. The second-order valence-corrected chi connectivity index (χ2v) is 7.67. The Labute approximate surface area is 204 Å². The molecule has 0 aliphatic heterocycles. The van der Waals surface area contributed by atoms with Crippen LogP contribution in [0.5, 0.6) is 17.4 Å². The van der Waals surface area contributed by atoms with Gasteiger partial charge in [-0.3, -0.25) is 0 Å². The number of urea groups is 1. The normalized spacial score (nSPS) is 11.2. The van der Waals surface area contributed by atoms with E-state index in [0.29, 0.717) is 39.7 Å². The third kappa shape index (κ3) is 5.40. The molecule has 0 spiro atoms. The predicted molar refractivity (Wildman–Crippen MR) is 131 cm³/mol. The maximum Gasteiger partial charge on any atom is 0.416 e. The van der Waals surface area contributed by atoms with Crippen LogP contribution in [0.15, 0.2) is 60.7 Å². The number of anilines is 3. The lowest BCUT2D eigenvalue weighted by Gasteiger charge is -2.16. The van der Waals surface area contributed by atoms with Crippen molar-refractivity contribution in [1.82, 2.24) is 9.97 Å². The number of hydrogen-bond donors (Lipinski definition) is 3. The molecular weight excluding hydrogens is 475 g/mol. The molecule has 36 heavy (non-hydrogen) atoms. The highest BCUT2D eigenvalue weighted by molar-refractivity contribution is 6.08. The molecule has 3 aromatic carbocycles. The minimum Gasteiger partial charge on any atom is -0.495 e. The van der Waals surface area contributed by atoms with Gasteiger partial charge in [-0.05, 0) is 37.3 Å². The molecule has 186 valence electrons. The van der Waals surface area contributed by atoms with Crippen molar-refractivity contribution in [2.24, 2.45) is 0 Å². The lowest BCUT2D eigenvalue weighted by atomic mass is 10.1. The highest BCUT2D eigenvalue weighted by atomic mass is 19.4. The van der Waals surface area contributed by atoms with E-state index in [2.05, 4.69) is 25.9 Å².